The van der Waals surface area contributed by atoms with Crippen molar-refractivity contribution in [2.24, 2.45) is 0 Å². The van der Waals surface area contributed by atoms with Crippen molar-refractivity contribution in [3.05, 3.63) is 70.3 Å². The highest BCUT2D eigenvalue weighted by Crippen LogP contribution is 2.40. The van der Waals surface area contributed by atoms with E-state index in [1.165, 1.54) is 76.7 Å². The molecule has 3 rings (SSSR count). The maximum absolute atomic E-state index is 13.0. The molecule has 0 heterocycles. The van der Waals surface area contributed by atoms with Crippen molar-refractivity contribution in [1.29, 1.82) is 0 Å². The summed E-state index contributed by atoms with van der Waals surface area (Å²) in [6, 6.07) is 15.2. The summed E-state index contributed by atoms with van der Waals surface area (Å²) in [7, 11) is 0. The number of aromatic hydroxyl groups is 1. The van der Waals surface area contributed by atoms with Crippen LogP contribution in [-0.4, -0.2) is 22.5 Å². The average molecular weight is 533 g/mol. The predicted octanol–water partition coefficient (Wildman–Crippen LogP) is 9.33. The van der Waals surface area contributed by atoms with Crippen LogP contribution in [0.1, 0.15) is 107 Å². The molecule has 6 nitrogen and oxygen atoms in total. The fraction of sp³-hybridized carbons (Fsp3) is 0.485. The Bertz CT molecular complexity index is 1210. The first-order valence-electron chi connectivity index (χ1n) is 14.8. The van der Waals surface area contributed by atoms with E-state index in [0.29, 0.717) is 28.4 Å². The second-order valence-electron chi connectivity index (χ2n) is 10.5. The minimum atomic E-state index is -0.424. The number of hydrogen-bond acceptors (Lipinski definition) is 4. The van der Waals surface area contributed by atoms with Crippen LogP contribution < -0.4 is 5.32 Å². The maximum Gasteiger partial charge on any atom is 0.277 e. The van der Waals surface area contributed by atoms with Gasteiger partial charge in [0.05, 0.1) is 16.1 Å². The number of para-hydroxylation sites is 1. The zero-order valence-electron chi connectivity index (χ0n) is 23.4. The molecule has 0 atom stereocenters. The van der Waals surface area contributed by atoms with Gasteiger partial charge >= 0.3 is 0 Å². The number of fused-ring (bicyclic) bond motifs is 1. The van der Waals surface area contributed by atoms with E-state index < -0.39 is 4.92 Å². The molecule has 3 aromatic rings. The number of nitro groups is 1. The van der Waals surface area contributed by atoms with Crippen molar-refractivity contribution in [3.63, 3.8) is 0 Å². The topological polar surface area (TPSA) is 92.5 Å². The Hall–Kier alpha value is -3.41. The van der Waals surface area contributed by atoms with Crippen molar-refractivity contribution in [2.45, 2.75) is 96.8 Å². The van der Waals surface area contributed by atoms with Crippen molar-refractivity contribution >= 4 is 22.4 Å². The number of hydrogen-bond donors (Lipinski definition) is 2. The summed E-state index contributed by atoms with van der Waals surface area (Å²) in [6.07, 6.45) is 17.9. The lowest BCUT2D eigenvalue weighted by Crippen LogP contribution is -2.24. The van der Waals surface area contributed by atoms with Gasteiger partial charge in [0, 0.05) is 18.0 Å². The minimum absolute atomic E-state index is 0.0397. The molecular formula is C33H44N2O4. The van der Waals surface area contributed by atoms with Crippen LogP contribution in [0.5, 0.6) is 5.75 Å². The molecular weight excluding hydrogens is 488 g/mol. The molecule has 2 N–H and O–H groups in total. The van der Waals surface area contributed by atoms with E-state index in [9.17, 15) is 20.0 Å². The molecule has 3 aromatic carbocycles. The highest BCUT2D eigenvalue weighted by atomic mass is 16.6. The van der Waals surface area contributed by atoms with E-state index in [1.54, 1.807) is 42.5 Å². The number of phenolic OH excluding ortho intramolecular Hbond substituents is 1. The van der Waals surface area contributed by atoms with Gasteiger partial charge < -0.3 is 10.4 Å². The lowest BCUT2D eigenvalue weighted by atomic mass is 9.93. The van der Waals surface area contributed by atoms with Gasteiger partial charge in [-0.2, -0.15) is 0 Å². The third-order valence-corrected chi connectivity index (χ3v) is 7.47. The zero-order chi connectivity index (χ0) is 27.9. The van der Waals surface area contributed by atoms with Crippen LogP contribution in [0.25, 0.3) is 21.9 Å². The van der Waals surface area contributed by atoms with E-state index >= 15 is 0 Å². The number of phenols is 1. The molecule has 1 amide bonds. The number of nitro benzene ring substituents is 1. The van der Waals surface area contributed by atoms with Crippen molar-refractivity contribution in [3.8, 4) is 16.9 Å². The molecule has 0 fully saturated rings. The third kappa shape index (κ3) is 9.09. The number of amides is 1. The molecule has 0 aliphatic rings. The molecule has 0 unspecified atom stereocenters. The molecule has 0 aromatic heterocycles. The van der Waals surface area contributed by atoms with Gasteiger partial charge in [-0.25, -0.2) is 0 Å². The van der Waals surface area contributed by atoms with Gasteiger partial charge in [0.1, 0.15) is 5.75 Å². The fourth-order valence-electron chi connectivity index (χ4n) is 5.23. The molecule has 39 heavy (non-hydrogen) atoms. The second kappa shape index (κ2) is 16.5. The molecule has 0 radical (unpaired) electrons. The number of rotatable bonds is 18. The molecule has 0 spiro atoms. The zero-order valence-corrected chi connectivity index (χ0v) is 23.4. The lowest BCUT2D eigenvalue weighted by molar-refractivity contribution is -0.384. The van der Waals surface area contributed by atoms with Gasteiger partial charge in [-0.1, -0.05) is 127 Å². The molecule has 0 saturated heterocycles. The SMILES string of the molecule is CCCCCCCCCCCCCCCCNC(=O)c1cc(-c2ccccc2[N+](=O)[O-])c2ccccc2c1O. The summed E-state index contributed by atoms with van der Waals surface area (Å²) in [5.41, 5.74) is 1.06. The fourth-order valence-corrected chi connectivity index (χ4v) is 5.23. The number of nitrogens with zero attached hydrogens (tertiary/aromatic N) is 1. The molecule has 0 saturated carbocycles. The summed E-state index contributed by atoms with van der Waals surface area (Å²) in [5.74, 6) is -0.473. The standard InChI is InChI=1S/C33H44N2O4/c1-2-3-4-5-6-7-8-9-10-11-12-13-14-19-24-34-33(37)30-25-29(26-20-15-16-22-28(26)32(30)36)27-21-17-18-23-31(27)35(38)39/h15-18,20-23,25,36H,2-14,19,24H2,1H3,(H,34,37). The summed E-state index contributed by atoms with van der Waals surface area (Å²) in [4.78, 5) is 24.3. The van der Waals surface area contributed by atoms with Gasteiger partial charge in [0.25, 0.3) is 11.6 Å². The average Bonchev–Trinajstić information content (AvgIpc) is 2.95. The first-order valence-corrected chi connectivity index (χ1v) is 14.8. The summed E-state index contributed by atoms with van der Waals surface area (Å²) in [5, 5.41) is 26.6. The van der Waals surface area contributed by atoms with Gasteiger partial charge in [-0.15, -0.1) is 0 Å². The van der Waals surface area contributed by atoms with E-state index in [2.05, 4.69) is 12.2 Å². The highest BCUT2D eigenvalue weighted by molar-refractivity contribution is 6.09. The van der Waals surface area contributed by atoms with E-state index in [1.807, 2.05) is 6.07 Å². The van der Waals surface area contributed by atoms with Crippen LogP contribution in [0, 0.1) is 10.1 Å². The Kier molecular flexibility index (Phi) is 12.8. The number of carbonyl (C=O) groups excluding carboxylic acids is 1. The first-order chi connectivity index (χ1) is 19.0. The van der Waals surface area contributed by atoms with Crippen molar-refractivity contribution in [2.75, 3.05) is 6.54 Å². The molecule has 6 heteroatoms. The summed E-state index contributed by atoms with van der Waals surface area (Å²) < 4.78 is 0. The monoisotopic (exact) mass is 532 g/mol. The number of unbranched alkanes of at least 4 members (excludes halogenated alkanes) is 13. The molecule has 0 bridgehead atoms. The maximum atomic E-state index is 13.0. The lowest BCUT2D eigenvalue weighted by Gasteiger charge is -2.14. The number of nitrogens with one attached hydrogen (secondary N) is 1. The normalized spacial score (nSPS) is 11.1. The van der Waals surface area contributed by atoms with E-state index in [4.69, 9.17) is 0 Å². The van der Waals surface area contributed by atoms with Crippen molar-refractivity contribution < 1.29 is 14.8 Å². The predicted molar refractivity (Wildman–Crippen MR) is 160 cm³/mol. The van der Waals surface area contributed by atoms with Gasteiger partial charge in [-0.05, 0) is 29.5 Å². The first kappa shape index (κ1) is 30.1. The quantitative estimate of drug-likeness (QED) is 0.0969. The number of benzene rings is 3. The van der Waals surface area contributed by atoms with Crippen LogP contribution in [0.4, 0.5) is 5.69 Å². The molecule has 210 valence electrons. The van der Waals surface area contributed by atoms with Crippen molar-refractivity contribution in [1.82, 2.24) is 5.32 Å². The van der Waals surface area contributed by atoms with Crippen LogP contribution in [0.2, 0.25) is 0 Å². The molecule has 0 aliphatic heterocycles. The highest BCUT2D eigenvalue weighted by Gasteiger charge is 2.22. The minimum Gasteiger partial charge on any atom is -0.506 e. The van der Waals surface area contributed by atoms with Gasteiger partial charge in [0.2, 0.25) is 0 Å². The van der Waals surface area contributed by atoms with Crippen LogP contribution in [0.3, 0.4) is 0 Å². The second-order valence-corrected chi connectivity index (χ2v) is 10.5. The Morgan fingerprint density at radius 2 is 1.26 bits per heavy atom. The smallest absolute Gasteiger partial charge is 0.277 e. The van der Waals surface area contributed by atoms with Crippen LogP contribution >= 0.6 is 0 Å². The number of carbonyl (C=O) groups is 1. The van der Waals surface area contributed by atoms with Gasteiger partial charge in [-0.3, -0.25) is 14.9 Å². The van der Waals surface area contributed by atoms with Crippen LogP contribution in [-0.2, 0) is 0 Å². The van der Waals surface area contributed by atoms with Crippen LogP contribution in [0.15, 0.2) is 54.6 Å². The Labute approximate surface area is 233 Å². The molecule has 0 aliphatic carbocycles. The van der Waals surface area contributed by atoms with E-state index in [0.717, 1.165) is 19.3 Å². The largest absolute Gasteiger partial charge is 0.506 e. The van der Waals surface area contributed by atoms with Gasteiger partial charge in [0.15, 0.2) is 0 Å². The van der Waals surface area contributed by atoms with E-state index in [-0.39, 0.29) is 22.9 Å². The Morgan fingerprint density at radius 1 is 0.744 bits per heavy atom. The Morgan fingerprint density at radius 3 is 1.85 bits per heavy atom. The Balaban J connectivity index is 1.46. The summed E-state index contributed by atoms with van der Waals surface area (Å²) >= 11 is 0. The summed E-state index contributed by atoms with van der Waals surface area (Å²) in [6.45, 7) is 2.79. The third-order valence-electron chi connectivity index (χ3n) is 7.47.